The summed E-state index contributed by atoms with van der Waals surface area (Å²) in [6.45, 7) is 10.3. The van der Waals surface area contributed by atoms with Gasteiger partial charge in [0, 0.05) is 6.04 Å². The lowest BCUT2D eigenvalue weighted by molar-refractivity contribution is 0.406. The maximum atomic E-state index is 3.54. The fraction of sp³-hybridized carbons (Fsp3) is 1.00. The Morgan fingerprint density at radius 3 is 2.14 bits per heavy atom. The van der Waals surface area contributed by atoms with Crippen LogP contribution in [0.5, 0.6) is 0 Å². The molecule has 0 aromatic heterocycles. The van der Waals surface area contributed by atoms with Gasteiger partial charge in [-0.2, -0.15) is 0 Å². The first-order chi connectivity index (χ1) is 6.74. The summed E-state index contributed by atoms with van der Waals surface area (Å²) in [4.78, 5) is 0. The van der Waals surface area contributed by atoms with Crippen molar-refractivity contribution in [2.24, 2.45) is 5.92 Å². The van der Waals surface area contributed by atoms with Crippen LogP contribution in [-0.4, -0.2) is 12.6 Å². The summed E-state index contributed by atoms with van der Waals surface area (Å²) in [7, 11) is 0. The van der Waals surface area contributed by atoms with Crippen LogP contribution in [0.3, 0.4) is 0 Å². The minimum absolute atomic E-state index is 0.712. The largest absolute Gasteiger partial charge is 0.314 e. The normalized spacial score (nSPS) is 13.5. The first-order valence-electron chi connectivity index (χ1n) is 6.47. The van der Waals surface area contributed by atoms with Crippen molar-refractivity contribution >= 4 is 0 Å². The average Bonchev–Trinajstić information content (AvgIpc) is 2.21. The minimum Gasteiger partial charge on any atom is -0.314 e. The highest BCUT2D eigenvalue weighted by Gasteiger charge is 2.05. The first-order valence-corrected chi connectivity index (χ1v) is 6.47. The molecule has 0 radical (unpaired) electrons. The lowest BCUT2D eigenvalue weighted by Crippen LogP contribution is -2.26. The molecular weight excluding hydrogens is 170 g/mol. The minimum atomic E-state index is 0.712. The van der Waals surface area contributed by atoms with Gasteiger partial charge in [-0.25, -0.2) is 0 Å². The number of hydrogen-bond donors (Lipinski definition) is 1. The number of hydrogen-bond acceptors (Lipinski definition) is 1. The number of rotatable bonds is 9. The van der Waals surface area contributed by atoms with E-state index in [2.05, 4.69) is 33.0 Å². The van der Waals surface area contributed by atoms with Gasteiger partial charge in [-0.3, -0.25) is 0 Å². The fourth-order valence-electron chi connectivity index (χ4n) is 1.90. The van der Waals surface area contributed by atoms with Gasteiger partial charge in [-0.15, -0.1) is 0 Å². The van der Waals surface area contributed by atoms with Crippen molar-refractivity contribution in [2.45, 2.75) is 72.3 Å². The van der Waals surface area contributed by atoms with Crippen molar-refractivity contribution in [1.29, 1.82) is 0 Å². The van der Waals surface area contributed by atoms with Gasteiger partial charge in [0.15, 0.2) is 0 Å². The van der Waals surface area contributed by atoms with E-state index in [0.29, 0.717) is 6.04 Å². The van der Waals surface area contributed by atoms with E-state index in [0.717, 1.165) is 5.92 Å². The summed E-state index contributed by atoms with van der Waals surface area (Å²) < 4.78 is 0. The molecule has 14 heavy (non-hydrogen) atoms. The summed E-state index contributed by atoms with van der Waals surface area (Å²) in [6, 6.07) is 0.712. The Labute approximate surface area is 90.7 Å². The standard InChI is InChI=1S/C13H29N/c1-5-11-14-12(4)9-8-10-13(6-2)7-3/h12-14H,5-11H2,1-4H3. The highest BCUT2D eigenvalue weighted by molar-refractivity contribution is 4.62. The van der Waals surface area contributed by atoms with E-state index >= 15 is 0 Å². The van der Waals surface area contributed by atoms with Gasteiger partial charge in [-0.1, -0.05) is 46.5 Å². The summed E-state index contributed by atoms with van der Waals surface area (Å²) in [5.74, 6) is 0.966. The van der Waals surface area contributed by atoms with Crippen LogP contribution in [-0.2, 0) is 0 Å². The van der Waals surface area contributed by atoms with E-state index in [1.54, 1.807) is 0 Å². The molecule has 0 aliphatic rings. The third-order valence-electron chi connectivity index (χ3n) is 3.15. The van der Waals surface area contributed by atoms with Crippen molar-refractivity contribution in [3.8, 4) is 0 Å². The predicted molar refractivity (Wildman–Crippen MR) is 65.7 cm³/mol. The molecule has 0 amide bonds. The monoisotopic (exact) mass is 199 g/mol. The Balaban J connectivity index is 3.33. The lowest BCUT2D eigenvalue weighted by atomic mass is 9.95. The van der Waals surface area contributed by atoms with Crippen molar-refractivity contribution in [1.82, 2.24) is 5.32 Å². The Bertz CT molecular complexity index is 108. The van der Waals surface area contributed by atoms with Gasteiger partial charge < -0.3 is 5.32 Å². The molecule has 0 bridgehead atoms. The molecule has 0 aliphatic carbocycles. The summed E-state index contributed by atoms with van der Waals surface area (Å²) in [5.41, 5.74) is 0. The Morgan fingerprint density at radius 1 is 1.00 bits per heavy atom. The smallest absolute Gasteiger partial charge is 0.00387 e. The van der Waals surface area contributed by atoms with Crippen LogP contribution in [0.1, 0.15) is 66.2 Å². The van der Waals surface area contributed by atoms with Crippen molar-refractivity contribution in [2.75, 3.05) is 6.54 Å². The second-order valence-electron chi connectivity index (χ2n) is 4.47. The molecule has 1 unspecified atom stereocenters. The lowest BCUT2D eigenvalue weighted by Gasteiger charge is -2.15. The molecule has 86 valence electrons. The van der Waals surface area contributed by atoms with Gasteiger partial charge in [0.2, 0.25) is 0 Å². The maximum Gasteiger partial charge on any atom is 0.00387 e. The van der Waals surface area contributed by atoms with Crippen molar-refractivity contribution in [3.63, 3.8) is 0 Å². The average molecular weight is 199 g/mol. The van der Waals surface area contributed by atoms with Crippen LogP contribution in [0, 0.1) is 5.92 Å². The van der Waals surface area contributed by atoms with Crippen LogP contribution in [0.4, 0.5) is 0 Å². The summed E-state index contributed by atoms with van der Waals surface area (Å²) in [6.07, 6.45) is 8.11. The quantitative estimate of drug-likeness (QED) is 0.592. The van der Waals surface area contributed by atoms with Gasteiger partial charge in [-0.05, 0) is 32.2 Å². The predicted octanol–water partition coefficient (Wildman–Crippen LogP) is 3.98. The SMILES string of the molecule is CCCNC(C)CCCC(CC)CC. The summed E-state index contributed by atoms with van der Waals surface area (Å²) >= 11 is 0. The Hall–Kier alpha value is -0.0400. The van der Waals surface area contributed by atoms with E-state index < -0.39 is 0 Å². The topological polar surface area (TPSA) is 12.0 Å². The van der Waals surface area contributed by atoms with E-state index in [1.165, 1.54) is 45.1 Å². The van der Waals surface area contributed by atoms with E-state index in [1.807, 2.05) is 0 Å². The van der Waals surface area contributed by atoms with E-state index in [-0.39, 0.29) is 0 Å². The number of nitrogens with one attached hydrogen (secondary N) is 1. The van der Waals surface area contributed by atoms with Crippen LogP contribution in [0.15, 0.2) is 0 Å². The van der Waals surface area contributed by atoms with Crippen LogP contribution >= 0.6 is 0 Å². The molecule has 0 spiro atoms. The van der Waals surface area contributed by atoms with Gasteiger partial charge >= 0.3 is 0 Å². The van der Waals surface area contributed by atoms with Gasteiger partial charge in [0.1, 0.15) is 0 Å². The molecule has 1 heteroatoms. The van der Waals surface area contributed by atoms with Crippen LogP contribution in [0.2, 0.25) is 0 Å². The first kappa shape index (κ1) is 14.0. The third-order valence-corrected chi connectivity index (χ3v) is 3.15. The summed E-state index contributed by atoms with van der Waals surface area (Å²) in [5, 5.41) is 3.54. The fourth-order valence-corrected chi connectivity index (χ4v) is 1.90. The second-order valence-corrected chi connectivity index (χ2v) is 4.47. The molecule has 0 saturated heterocycles. The molecule has 0 aromatic rings. The van der Waals surface area contributed by atoms with E-state index in [4.69, 9.17) is 0 Å². The third kappa shape index (κ3) is 7.37. The Kier molecular flexibility index (Phi) is 9.49. The maximum absolute atomic E-state index is 3.54. The zero-order chi connectivity index (χ0) is 10.8. The second kappa shape index (κ2) is 9.51. The van der Waals surface area contributed by atoms with Crippen molar-refractivity contribution in [3.05, 3.63) is 0 Å². The molecule has 0 aliphatic heterocycles. The van der Waals surface area contributed by atoms with Gasteiger partial charge in [0.05, 0.1) is 0 Å². The molecule has 1 nitrogen and oxygen atoms in total. The Morgan fingerprint density at radius 2 is 1.64 bits per heavy atom. The molecule has 1 atom stereocenters. The molecule has 1 N–H and O–H groups in total. The molecule has 0 aromatic carbocycles. The highest BCUT2D eigenvalue weighted by atomic mass is 14.9. The van der Waals surface area contributed by atoms with E-state index in [9.17, 15) is 0 Å². The van der Waals surface area contributed by atoms with Crippen LogP contribution < -0.4 is 5.32 Å². The molecule has 0 fully saturated rings. The van der Waals surface area contributed by atoms with Crippen LogP contribution in [0.25, 0.3) is 0 Å². The molecular formula is C13H29N. The zero-order valence-corrected chi connectivity index (χ0v) is 10.6. The molecule has 0 heterocycles. The van der Waals surface area contributed by atoms with Gasteiger partial charge in [0.25, 0.3) is 0 Å². The molecule has 0 saturated carbocycles. The highest BCUT2D eigenvalue weighted by Crippen LogP contribution is 2.16. The molecule has 0 rings (SSSR count). The zero-order valence-electron chi connectivity index (χ0n) is 10.6. The van der Waals surface area contributed by atoms with Crippen molar-refractivity contribution < 1.29 is 0 Å².